The summed E-state index contributed by atoms with van der Waals surface area (Å²) in [6.07, 6.45) is -1.38. The fourth-order valence-corrected chi connectivity index (χ4v) is 1.57. The van der Waals surface area contributed by atoms with Gasteiger partial charge in [0, 0.05) is 0 Å². The highest BCUT2D eigenvalue weighted by molar-refractivity contribution is 6.77. The maximum Gasteiger partial charge on any atom is 0.265 e. The summed E-state index contributed by atoms with van der Waals surface area (Å²) >= 11 is 49.8. The van der Waals surface area contributed by atoms with Gasteiger partial charge in [-0.05, 0) is 6.08 Å². The van der Waals surface area contributed by atoms with E-state index in [0.717, 1.165) is 6.08 Å². The number of rotatable bonds is 6. The van der Waals surface area contributed by atoms with Crippen LogP contribution in [0.2, 0.25) is 0 Å². The Kier molecular flexibility index (Phi) is 10.8. The van der Waals surface area contributed by atoms with Crippen molar-refractivity contribution in [2.45, 2.75) is 23.6 Å². The van der Waals surface area contributed by atoms with E-state index in [4.69, 9.17) is 135 Å². The van der Waals surface area contributed by atoms with Gasteiger partial charge in [0.15, 0.2) is 12.2 Å². The molecular weight excluding hydrogens is 541 g/mol. The van der Waals surface area contributed by atoms with Gasteiger partial charge in [-0.3, -0.25) is 16.2 Å². The van der Waals surface area contributed by atoms with E-state index in [0.29, 0.717) is 0 Å². The van der Waals surface area contributed by atoms with Gasteiger partial charge in [0.1, 0.15) is 6.61 Å². The zero-order valence-electron chi connectivity index (χ0n) is 12.3. The van der Waals surface area contributed by atoms with Crippen molar-refractivity contribution in [3.63, 3.8) is 0 Å². The molecule has 0 spiro atoms. The third kappa shape index (κ3) is 9.80. The second-order valence-electron chi connectivity index (χ2n) is 4.27. The fraction of sp³-hybridized carbons (Fsp3) is 0.545. The van der Waals surface area contributed by atoms with Crippen LogP contribution in [0.3, 0.4) is 0 Å². The second-order valence-corrected chi connectivity index (χ2v) is 11.1. The van der Waals surface area contributed by atoms with Crippen LogP contribution in [-0.4, -0.2) is 47.9 Å². The molecule has 15 heteroatoms. The molecule has 0 fully saturated rings. The molecule has 0 bridgehead atoms. The van der Waals surface area contributed by atoms with Crippen LogP contribution in [0.5, 0.6) is 0 Å². The fourth-order valence-electron chi connectivity index (χ4n) is 1.14. The highest BCUT2D eigenvalue weighted by Gasteiger charge is 2.38. The van der Waals surface area contributed by atoms with Gasteiger partial charge in [-0.1, -0.05) is 111 Å². The summed E-state index contributed by atoms with van der Waals surface area (Å²) in [5.74, 6) is -2.35. The van der Waals surface area contributed by atoms with Gasteiger partial charge >= 0.3 is 0 Å². The molecule has 0 aromatic carbocycles. The van der Waals surface area contributed by atoms with E-state index in [-0.39, 0.29) is 0 Å². The first-order valence-corrected chi connectivity index (χ1v) is 9.46. The minimum atomic E-state index is -2.21. The number of halogens is 9. The highest BCUT2D eigenvalue weighted by Crippen LogP contribution is 2.32. The van der Waals surface area contributed by atoms with Crippen LogP contribution in [0.25, 0.3) is 0 Å². The van der Waals surface area contributed by atoms with Gasteiger partial charge in [-0.25, -0.2) is 0 Å². The Labute approximate surface area is 194 Å². The summed E-state index contributed by atoms with van der Waals surface area (Å²) in [6.45, 7) is 2.95. The predicted octanol–water partition coefficient (Wildman–Crippen LogP) is 6.00. The quantitative estimate of drug-likeness (QED) is 0.163. The molecule has 6 nitrogen and oxygen atoms in total. The minimum Gasteiger partial charge on any atom is -0.474 e. The first kappa shape index (κ1) is 26.8. The van der Waals surface area contributed by atoms with E-state index in [1.165, 1.54) is 0 Å². The smallest absolute Gasteiger partial charge is 0.265 e. The van der Waals surface area contributed by atoms with Crippen molar-refractivity contribution in [2.24, 2.45) is 0 Å². The average Bonchev–Trinajstić information content (AvgIpc) is 2.45. The Balaban J connectivity index is 5.39. The minimum absolute atomic E-state index is 0.528. The third-order valence-corrected chi connectivity index (χ3v) is 3.83. The first-order valence-electron chi connectivity index (χ1n) is 6.06. The normalized spacial score (nSPS) is 14.8. The Morgan fingerprint density at radius 2 is 1.15 bits per heavy atom. The number of alkyl halides is 9. The van der Waals surface area contributed by atoms with Crippen molar-refractivity contribution in [3.05, 3.63) is 12.7 Å². The van der Waals surface area contributed by atoms with Crippen molar-refractivity contribution in [3.8, 4) is 0 Å². The molecule has 0 aliphatic rings. The van der Waals surface area contributed by atoms with Crippen LogP contribution in [0.15, 0.2) is 12.7 Å². The Hall–Kier alpha value is 0.760. The predicted molar refractivity (Wildman–Crippen MR) is 110 cm³/mol. The Morgan fingerprint density at radius 3 is 1.50 bits per heavy atom. The number of ether oxygens (including phenoxy) is 3. The van der Waals surface area contributed by atoms with Crippen molar-refractivity contribution in [2.75, 3.05) is 6.61 Å². The first-order chi connectivity index (χ1) is 11.5. The van der Waals surface area contributed by atoms with Crippen molar-refractivity contribution in [1.29, 1.82) is 16.2 Å². The molecule has 0 unspecified atom stereocenters. The largest absolute Gasteiger partial charge is 0.474 e. The van der Waals surface area contributed by atoms with Gasteiger partial charge in [-0.2, -0.15) is 0 Å². The molecule has 0 aliphatic carbocycles. The zero-order chi connectivity index (χ0) is 20.9. The van der Waals surface area contributed by atoms with E-state index in [1.807, 2.05) is 0 Å². The van der Waals surface area contributed by atoms with Crippen LogP contribution in [0, 0.1) is 16.2 Å². The monoisotopic (exact) mass is 547 g/mol. The number of hydrogen-bond donors (Lipinski definition) is 3. The third-order valence-electron chi connectivity index (χ3n) is 2.29. The molecule has 0 amide bonds. The molecule has 2 atom stereocenters. The maximum atomic E-state index is 7.63. The second kappa shape index (κ2) is 10.5. The van der Waals surface area contributed by atoms with Gasteiger partial charge in [0.2, 0.25) is 17.7 Å². The molecule has 0 saturated carbocycles. The van der Waals surface area contributed by atoms with Crippen LogP contribution in [0.4, 0.5) is 0 Å². The summed E-state index contributed by atoms with van der Waals surface area (Å²) in [4.78, 5) is 0. The molecular formula is C11H10Cl9N3O3. The lowest BCUT2D eigenvalue weighted by Crippen LogP contribution is -2.42. The van der Waals surface area contributed by atoms with E-state index < -0.39 is 47.9 Å². The van der Waals surface area contributed by atoms with Gasteiger partial charge in [-0.15, -0.1) is 0 Å². The summed E-state index contributed by atoms with van der Waals surface area (Å²) in [5, 5.41) is 22.7. The highest BCUT2D eigenvalue weighted by atomic mass is 35.6. The van der Waals surface area contributed by atoms with Crippen molar-refractivity contribution >= 4 is 122 Å². The molecule has 0 aromatic heterocycles. The standard InChI is InChI=1S/C11H10Cl9N3O3/c1-2-4(25-7(22)10(15,16)17)5(26-8(23)11(18,19)20)3-24-6(21)9(12,13)14/h2,4-5,21-23H,1,3H2/t4-,5-/m0/s1. The van der Waals surface area contributed by atoms with Gasteiger partial charge in [0.05, 0.1) is 0 Å². The Morgan fingerprint density at radius 1 is 0.769 bits per heavy atom. The molecule has 0 aromatic rings. The molecule has 0 aliphatic heterocycles. The van der Waals surface area contributed by atoms with E-state index in [2.05, 4.69) is 6.58 Å². The molecule has 0 rings (SSSR count). The van der Waals surface area contributed by atoms with Crippen LogP contribution < -0.4 is 0 Å². The maximum absolute atomic E-state index is 7.63. The number of hydrogen-bond acceptors (Lipinski definition) is 6. The van der Waals surface area contributed by atoms with Crippen LogP contribution in [-0.2, 0) is 14.2 Å². The van der Waals surface area contributed by atoms with Gasteiger partial charge in [0.25, 0.3) is 11.4 Å². The lowest BCUT2D eigenvalue weighted by Gasteiger charge is -2.29. The number of nitrogens with one attached hydrogen (secondary N) is 3. The molecule has 0 heterocycles. The lowest BCUT2D eigenvalue weighted by molar-refractivity contribution is 0.0248. The van der Waals surface area contributed by atoms with E-state index >= 15 is 0 Å². The summed E-state index contributed by atoms with van der Waals surface area (Å²) in [5.41, 5.74) is 0. The van der Waals surface area contributed by atoms with Crippen molar-refractivity contribution in [1.82, 2.24) is 0 Å². The molecule has 150 valence electrons. The summed E-state index contributed by atoms with van der Waals surface area (Å²) < 4.78 is 8.71. The SMILES string of the molecule is C=C[C@H](OC(=N)C(Cl)(Cl)Cl)[C@H](COC(=N)C(Cl)(Cl)Cl)OC(=N)C(Cl)(Cl)Cl. The molecule has 0 radical (unpaired) electrons. The summed E-state index contributed by atoms with van der Waals surface area (Å²) in [7, 11) is 0. The van der Waals surface area contributed by atoms with Crippen molar-refractivity contribution < 1.29 is 14.2 Å². The van der Waals surface area contributed by atoms with E-state index in [9.17, 15) is 0 Å². The lowest BCUT2D eigenvalue weighted by atomic mass is 10.2. The van der Waals surface area contributed by atoms with Crippen LogP contribution in [0.1, 0.15) is 0 Å². The zero-order valence-corrected chi connectivity index (χ0v) is 19.1. The molecule has 3 N–H and O–H groups in total. The topological polar surface area (TPSA) is 99.2 Å². The molecule has 26 heavy (non-hydrogen) atoms. The van der Waals surface area contributed by atoms with Crippen LogP contribution >= 0.6 is 104 Å². The Bertz CT molecular complexity index is 554. The average molecular weight is 551 g/mol. The van der Waals surface area contributed by atoms with Gasteiger partial charge < -0.3 is 14.2 Å². The summed E-state index contributed by atoms with van der Waals surface area (Å²) in [6, 6.07) is 0. The molecule has 0 saturated heterocycles. The van der Waals surface area contributed by atoms with E-state index in [1.54, 1.807) is 0 Å².